The smallest absolute Gasteiger partial charge is 0.233 e. The molecule has 2 aromatic carbocycles. The van der Waals surface area contributed by atoms with Gasteiger partial charge in [0.15, 0.2) is 0 Å². The molecule has 1 saturated heterocycles. The van der Waals surface area contributed by atoms with Gasteiger partial charge in [-0.15, -0.1) is 0 Å². The number of carbonyl (C=O) groups is 2. The van der Waals surface area contributed by atoms with Crippen LogP contribution in [-0.4, -0.2) is 52.8 Å². The van der Waals surface area contributed by atoms with E-state index in [-0.39, 0.29) is 23.5 Å². The standard InChI is InChI=1S/C29H32FN3O2/c1-21(34)32-16-17-33(28(35)29(13-2-3-14-29)24-9-11-25(30)12-10-24)20-22(19-32)18-23-6-4-8-27-26(23)7-5-15-31-27/h4-12,15,22H,2-3,13-14,16-20H2,1H3/t22-/m0/s1. The average molecular weight is 474 g/mol. The Balaban J connectivity index is 1.45. The van der Waals surface area contributed by atoms with Gasteiger partial charge in [-0.3, -0.25) is 14.6 Å². The fourth-order valence-corrected chi connectivity index (χ4v) is 6.04. The number of carbonyl (C=O) groups excluding carboxylic acids is 2. The van der Waals surface area contributed by atoms with Gasteiger partial charge in [0.2, 0.25) is 11.8 Å². The van der Waals surface area contributed by atoms with Gasteiger partial charge in [-0.05, 0) is 60.6 Å². The predicted octanol–water partition coefficient (Wildman–Crippen LogP) is 4.74. The molecule has 1 aliphatic carbocycles. The molecule has 1 aliphatic heterocycles. The minimum Gasteiger partial charge on any atom is -0.341 e. The van der Waals surface area contributed by atoms with E-state index in [0.29, 0.717) is 26.2 Å². The first-order valence-electron chi connectivity index (χ1n) is 12.6. The lowest BCUT2D eigenvalue weighted by atomic mass is 9.77. The van der Waals surface area contributed by atoms with Crippen LogP contribution in [0.1, 0.15) is 43.7 Å². The summed E-state index contributed by atoms with van der Waals surface area (Å²) in [5.74, 6) is -0.0108. The van der Waals surface area contributed by atoms with E-state index in [2.05, 4.69) is 17.1 Å². The van der Waals surface area contributed by atoms with Crippen LogP contribution in [0.4, 0.5) is 4.39 Å². The van der Waals surface area contributed by atoms with E-state index in [1.54, 1.807) is 25.3 Å². The quantitative estimate of drug-likeness (QED) is 0.550. The molecule has 182 valence electrons. The summed E-state index contributed by atoms with van der Waals surface area (Å²) in [5.41, 5.74) is 2.45. The van der Waals surface area contributed by atoms with Crippen molar-refractivity contribution in [2.24, 2.45) is 5.92 Å². The first-order chi connectivity index (χ1) is 17.0. The van der Waals surface area contributed by atoms with Gasteiger partial charge in [0.1, 0.15) is 5.82 Å². The number of hydrogen-bond donors (Lipinski definition) is 0. The molecule has 1 aromatic heterocycles. The topological polar surface area (TPSA) is 53.5 Å². The highest BCUT2D eigenvalue weighted by Gasteiger charge is 2.45. The molecule has 0 bridgehead atoms. The molecule has 1 atom stereocenters. The number of pyridine rings is 1. The molecule has 2 fully saturated rings. The number of halogens is 1. The molecule has 5 nitrogen and oxygen atoms in total. The van der Waals surface area contributed by atoms with Crippen molar-refractivity contribution in [3.8, 4) is 0 Å². The molecule has 35 heavy (non-hydrogen) atoms. The Labute approximate surface area is 205 Å². The molecule has 3 aromatic rings. The Morgan fingerprint density at radius 3 is 2.43 bits per heavy atom. The van der Waals surface area contributed by atoms with Crippen molar-refractivity contribution in [3.63, 3.8) is 0 Å². The van der Waals surface area contributed by atoms with Crippen LogP contribution >= 0.6 is 0 Å². The number of benzene rings is 2. The van der Waals surface area contributed by atoms with Crippen LogP contribution in [0.3, 0.4) is 0 Å². The molecule has 0 radical (unpaired) electrons. The van der Waals surface area contributed by atoms with E-state index >= 15 is 0 Å². The highest BCUT2D eigenvalue weighted by molar-refractivity contribution is 5.89. The summed E-state index contributed by atoms with van der Waals surface area (Å²) in [4.78, 5) is 34.9. The second-order valence-electron chi connectivity index (χ2n) is 10.1. The Hall–Kier alpha value is -3.28. The van der Waals surface area contributed by atoms with Gasteiger partial charge in [-0.1, -0.05) is 43.2 Å². The first-order valence-corrected chi connectivity index (χ1v) is 12.6. The van der Waals surface area contributed by atoms with E-state index in [1.807, 2.05) is 28.0 Å². The maximum Gasteiger partial charge on any atom is 0.233 e. The van der Waals surface area contributed by atoms with Crippen LogP contribution in [-0.2, 0) is 21.4 Å². The van der Waals surface area contributed by atoms with Crippen LogP contribution < -0.4 is 0 Å². The largest absolute Gasteiger partial charge is 0.341 e. The van der Waals surface area contributed by atoms with Crippen molar-refractivity contribution < 1.29 is 14.0 Å². The van der Waals surface area contributed by atoms with Crippen LogP contribution in [0, 0.1) is 11.7 Å². The highest BCUT2D eigenvalue weighted by atomic mass is 19.1. The number of hydrogen-bond acceptors (Lipinski definition) is 3. The van der Waals surface area contributed by atoms with E-state index < -0.39 is 5.41 Å². The lowest BCUT2D eigenvalue weighted by molar-refractivity contribution is -0.138. The van der Waals surface area contributed by atoms with Gasteiger partial charge in [-0.2, -0.15) is 0 Å². The first kappa shape index (κ1) is 23.5. The second-order valence-corrected chi connectivity index (χ2v) is 10.1. The molecule has 2 amide bonds. The zero-order chi connectivity index (χ0) is 24.4. The normalized spacial score (nSPS) is 20.1. The highest BCUT2D eigenvalue weighted by Crippen LogP contribution is 2.43. The molecular formula is C29H32FN3O2. The molecule has 0 spiro atoms. The van der Waals surface area contributed by atoms with E-state index in [4.69, 9.17) is 0 Å². The summed E-state index contributed by atoms with van der Waals surface area (Å²) in [6.45, 7) is 3.89. The number of amides is 2. The average Bonchev–Trinajstić information content (AvgIpc) is 3.27. The number of aromatic nitrogens is 1. The molecular weight excluding hydrogens is 441 g/mol. The SMILES string of the molecule is CC(=O)N1CCN(C(=O)C2(c3ccc(F)cc3)CCCC2)C[C@@H](Cc2cccc3ncccc23)C1. The van der Waals surface area contributed by atoms with Crippen LogP contribution in [0.25, 0.3) is 10.9 Å². The third kappa shape index (κ3) is 4.66. The van der Waals surface area contributed by atoms with Crippen molar-refractivity contribution in [2.45, 2.75) is 44.4 Å². The number of fused-ring (bicyclic) bond motifs is 1. The molecule has 0 unspecified atom stereocenters. The van der Waals surface area contributed by atoms with E-state index in [1.165, 1.54) is 17.7 Å². The number of rotatable bonds is 4. The Morgan fingerprint density at radius 1 is 0.971 bits per heavy atom. The summed E-state index contributed by atoms with van der Waals surface area (Å²) < 4.78 is 13.7. The van der Waals surface area contributed by atoms with Crippen molar-refractivity contribution in [1.82, 2.24) is 14.8 Å². The summed E-state index contributed by atoms with van der Waals surface area (Å²) in [7, 11) is 0. The van der Waals surface area contributed by atoms with Crippen molar-refractivity contribution in [1.29, 1.82) is 0 Å². The van der Waals surface area contributed by atoms with Crippen molar-refractivity contribution >= 4 is 22.7 Å². The van der Waals surface area contributed by atoms with Crippen LogP contribution in [0.5, 0.6) is 0 Å². The van der Waals surface area contributed by atoms with Gasteiger partial charge < -0.3 is 9.80 Å². The summed E-state index contributed by atoms with van der Waals surface area (Å²) in [6.07, 6.45) is 6.10. The molecule has 1 saturated carbocycles. The van der Waals surface area contributed by atoms with Gasteiger partial charge >= 0.3 is 0 Å². The monoisotopic (exact) mass is 473 g/mol. The summed E-state index contributed by atoms with van der Waals surface area (Å²) >= 11 is 0. The van der Waals surface area contributed by atoms with Gasteiger partial charge in [0.05, 0.1) is 10.9 Å². The summed E-state index contributed by atoms with van der Waals surface area (Å²) in [5, 5.41) is 1.12. The predicted molar refractivity (Wildman–Crippen MR) is 134 cm³/mol. The third-order valence-electron chi connectivity index (χ3n) is 7.84. The van der Waals surface area contributed by atoms with E-state index in [0.717, 1.165) is 48.6 Å². The Bertz CT molecular complexity index is 1210. The zero-order valence-electron chi connectivity index (χ0n) is 20.3. The van der Waals surface area contributed by atoms with Crippen molar-refractivity contribution in [2.75, 3.05) is 26.2 Å². The van der Waals surface area contributed by atoms with Crippen molar-refractivity contribution in [3.05, 3.63) is 77.7 Å². The fraction of sp³-hybridized carbons (Fsp3) is 0.414. The van der Waals surface area contributed by atoms with Crippen LogP contribution in [0.2, 0.25) is 0 Å². The maximum absolute atomic E-state index is 14.2. The lowest BCUT2D eigenvalue weighted by Gasteiger charge is -2.35. The minimum absolute atomic E-state index is 0.0398. The van der Waals surface area contributed by atoms with Gasteiger partial charge in [0.25, 0.3) is 0 Å². The third-order valence-corrected chi connectivity index (χ3v) is 7.84. The lowest BCUT2D eigenvalue weighted by Crippen LogP contribution is -2.48. The molecule has 2 aliphatic rings. The Morgan fingerprint density at radius 2 is 1.69 bits per heavy atom. The van der Waals surface area contributed by atoms with Gasteiger partial charge in [-0.25, -0.2) is 4.39 Å². The maximum atomic E-state index is 14.2. The molecule has 5 rings (SSSR count). The van der Waals surface area contributed by atoms with Gasteiger partial charge in [0, 0.05) is 44.7 Å². The second kappa shape index (κ2) is 9.76. The summed E-state index contributed by atoms with van der Waals surface area (Å²) in [6, 6.07) is 16.7. The fourth-order valence-electron chi connectivity index (χ4n) is 6.04. The Kier molecular flexibility index (Phi) is 6.54. The molecule has 2 heterocycles. The number of nitrogens with zero attached hydrogens (tertiary/aromatic N) is 3. The minimum atomic E-state index is -0.604. The van der Waals surface area contributed by atoms with Crippen LogP contribution in [0.15, 0.2) is 60.8 Å². The van der Waals surface area contributed by atoms with E-state index in [9.17, 15) is 14.0 Å². The zero-order valence-corrected chi connectivity index (χ0v) is 20.3. The molecule has 0 N–H and O–H groups in total. The molecule has 6 heteroatoms.